The van der Waals surface area contributed by atoms with Crippen LogP contribution in [0.1, 0.15) is 18.9 Å². The van der Waals surface area contributed by atoms with E-state index < -0.39 is 17.3 Å². The van der Waals surface area contributed by atoms with E-state index in [1.165, 1.54) is 23.9 Å². The molecule has 3 rings (SSSR count). The van der Waals surface area contributed by atoms with E-state index in [-0.39, 0.29) is 25.3 Å². The number of halogens is 1. The summed E-state index contributed by atoms with van der Waals surface area (Å²) in [5.74, 6) is 0.532. The van der Waals surface area contributed by atoms with E-state index in [1.807, 2.05) is 13.0 Å². The van der Waals surface area contributed by atoms with Crippen LogP contribution in [0.4, 0.5) is 10.1 Å². The number of anilines is 1. The molecule has 0 aromatic heterocycles. The molecule has 10 heteroatoms. The van der Waals surface area contributed by atoms with Crippen LogP contribution in [-0.2, 0) is 10.3 Å². The van der Waals surface area contributed by atoms with Gasteiger partial charge >= 0.3 is 0 Å². The van der Waals surface area contributed by atoms with Gasteiger partial charge in [0, 0.05) is 17.0 Å². The Kier molecular flexibility index (Phi) is 5.94. The molecular weight excluding hydrogens is 381 g/mol. The van der Waals surface area contributed by atoms with Crippen molar-refractivity contribution in [3.63, 3.8) is 0 Å². The first-order valence-electron chi connectivity index (χ1n) is 8.68. The molecule has 0 radical (unpaired) electrons. The second kappa shape index (κ2) is 8.39. The van der Waals surface area contributed by atoms with Gasteiger partial charge in [0.1, 0.15) is 23.9 Å². The van der Waals surface area contributed by atoms with E-state index in [4.69, 9.17) is 11.0 Å². The summed E-state index contributed by atoms with van der Waals surface area (Å²) in [4.78, 5) is 25.3. The van der Waals surface area contributed by atoms with Gasteiger partial charge in [-0.1, -0.05) is 11.8 Å². The van der Waals surface area contributed by atoms with Crippen LogP contribution >= 0.6 is 11.8 Å². The average molecular weight is 401 g/mol. The van der Waals surface area contributed by atoms with Crippen LogP contribution in [0, 0.1) is 17.1 Å². The van der Waals surface area contributed by atoms with Crippen molar-refractivity contribution in [2.24, 2.45) is 20.7 Å². The number of nitrogens with two attached hydrogens (primary N) is 1. The Bertz CT molecular complexity index is 921. The summed E-state index contributed by atoms with van der Waals surface area (Å²) < 4.78 is 14.5. The molecule has 0 aliphatic carbocycles. The minimum atomic E-state index is -0.770. The largest absolute Gasteiger partial charge is 0.379 e. The van der Waals surface area contributed by atoms with Crippen LogP contribution in [0.5, 0.6) is 0 Å². The van der Waals surface area contributed by atoms with Gasteiger partial charge in [0.25, 0.3) is 5.91 Å². The van der Waals surface area contributed by atoms with Gasteiger partial charge in [-0.25, -0.2) is 4.39 Å². The van der Waals surface area contributed by atoms with Crippen molar-refractivity contribution in [1.29, 1.82) is 5.26 Å². The molecular formula is C18H20FN7OS. The molecule has 0 bridgehead atoms. The molecule has 2 heterocycles. The Balaban J connectivity index is 1.72. The van der Waals surface area contributed by atoms with E-state index in [1.54, 1.807) is 6.07 Å². The zero-order valence-corrected chi connectivity index (χ0v) is 16.1. The second-order valence-electron chi connectivity index (χ2n) is 6.51. The molecule has 1 aromatic carbocycles. The number of amidine groups is 2. The number of thioether (sulfide) groups is 1. The third-order valence-electron chi connectivity index (χ3n) is 4.47. The van der Waals surface area contributed by atoms with Gasteiger partial charge in [-0.2, -0.15) is 5.26 Å². The molecule has 0 spiro atoms. The van der Waals surface area contributed by atoms with Gasteiger partial charge in [-0.3, -0.25) is 19.8 Å². The monoisotopic (exact) mass is 401 g/mol. The Hall–Kier alpha value is -2.93. The Morgan fingerprint density at radius 3 is 2.93 bits per heavy atom. The highest BCUT2D eigenvalue weighted by Gasteiger charge is 2.32. The Morgan fingerprint density at radius 1 is 1.43 bits per heavy atom. The first kappa shape index (κ1) is 19.8. The molecule has 1 aromatic rings. The lowest BCUT2D eigenvalue weighted by Gasteiger charge is -2.30. The average Bonchev–Trinajstić information content (AvgIpc) is 2.68. The van der Waals surface area contributed by atoms with Crippen molar-refractivity contribution < 1.29 is 9.18 Å². The summed E-state index contributed by atoms with van der Waals surface area (Å²) >= 11 is 1.44. The van der Waals surface area contributed by atoms with Crippen LogP contribution in [-0.4, -0.2) is 48.0 Å². The molecule has 0 fully saturated rings. The zero-order chi connectivity index (χ0) is 20.1. The van der Waals surface area contributed by atoms with E-state index in [2.05, 4.69) is 25.6 Å². The first-order valence-corrected chi connectivity index (χ1v) is 9.67. The minimum Gasteiger partial charge on any atom is -0.379 e. The Labute approximate surface area is 166 Å². The smallest absolute Gasteiger partial charge is 0.271 e. The van der Waals surface area contributed by atoms with Crippen LogP contribution in [0.2, 0.25) is 0 Å². The van der Waals surface area contributed by atoms with Crippen molar-refractivity contribution in [1.82, 2.24) is 5.32 Å². The fourth-order valence-electron chi connectivity index (χ4n) is 2.94. The maximum Gasteiger partial charge on any atom is 0.271 e. The van der Waals surface area contributed by atoms with Crippen molar-refractivity contribution in [2.45, 2.75) is 18.9 Å². The minimum absolute atomic E-state index is 0.114. The SMILES string of the molecule is C[C@@]1(c2cc(NC(=O)C3=NCC(NCC#N)=NC3)ccc2F)CCSC(N)=N1. The first-order chi connectivity index (χ1) is 13.4. The fourth-order valence-corrected chi connectivity index (χ4v) is 3.91. The molecule has 0 saturated carbocycles. The van der Waals surface area contributed by atoms with Crippen LogP contribution in [0.25, 0.3) is 0 Å². The topological polar surface area (TPSA) is 128 Å². The number of aliphatic imine (C=N–C) groups is 3. The lowest BCUT2D eigenvalue weighted by molar-refractivity contribution is -0.110. The van der Waals surface area contributed by atoms with Gasteiger partial charge in [0.2, 0.25) is 0 Å². The summed E-state index contributed by atoms with van der Waals surface area (Å²) in [6.45, 7) is 2.30. The molecule has 0 saturated heterocycles. The molecule has 0 unspecified atom stereocenters. The highest BCUT2D eigenvalue weighted by atomic mass is 32.2. The number of nitrogens with one attached hydrogen (secondary N) is 2. The zero-order valence-electron chi connectivity index (χ0n) is 15.3. The number of benzene rings is 1. The molecule has 4 N–H and O–H groups in total. The van der Waals surface area contributed by atoms with Gasteiger partial charge in [0.05, 0.1) is 24.7 Å². The standard InChI is InChI=1S/C18H20FN7OS/c1-18(4-7-28-17(21)26-18)12-8-11(2-3-13(12)19)25-16(27)14-9-24-15(10-23-14)22-6-5-20/h2-3,8H,4,6-7,9-10H2,1H3,(H2,21,26)(H,22,24)(H,25,27)/t18-/m0/s1. The van der Waals surface area contributed by atoms with E-state index >= 15 is 0 Å². The maximum absolute atomic E-state index is 14.5. The number of rotatable bonds is 4. The molecule has 1 atom stereocenters. The number of hydrogen-bond acceptors (Lipinski definition) is 8. The quantitative estimate of drug-likeness (QED) is 0.657. The number of carbonyl (C=O) groups excluding carboxylic acids is 1. The lowest BCUT2D eigenvalue weighted by Crippen LogP contribution is -2.35. The van der Waals surface area contributed by atoms with Gasteiger partial charge in [-0.15, -0.1) is 0 Å². The number of amides is 1. The van der Waals surface area contributed by atoms with Crippen LogP contribution in [0.15, 0.2) is 33.2 Å². The number of nitrogens with zero attached hydrogens (tertiary/aromatic N) is 4. The molecule has 8 nitrogen and oxygen atoms in total. The normalized spacial score (nSPS) is 21.7. The predicted octanol–water partition coefficient (Wildman–Crippen LogP) is 1.40. The van der Waals surface area contributed by atoms with E-state index in [9.17, 15) is 9.18 Å². The lowest BCUT2D eigenvalue weighted by atomic mass is 9.89. The van der Waals surface area contributed by atoms with E-state index in [0.717, 1.165) is 5.75 Å². The fraction of sp³-hybridized carbons (Fsp3) is 0.389. The van der Waals surface area contributed by atoms with Gasteiger partial charge in [-0.05, 0) is 31.5 Å². The van der Waals surface area contributed by atoms with Crippen LogP contribution < -0.4 is 16.4 Å². The predicted molar refractivity (Wildman–Crippen MR) is 109 cm³/mol. The molecule has 2 aliphatic heterocycles. The van der Waals surface area contributed by atoms with Crippen molar-refractivity contribution >= 4 is 40.1 Å². The summed E-state index contributed by atoms with van der Waals surface area (Å²) in [6, 6.07) is 6.36. The summed E-state index contributed by atoms with van der Waals surface area (Å²) in [5.41, 5.74) is 6.17. The molecule has 28 heavy (non-hydrogen) atoms. The summed E-state index contributed by atoms with van der Waals surface area (Å²) in [6.07, 6.45) is 0.645. The maximum atomic E-state index is 14.5. The van der Waals surface area contributed by atoms with Crippen molar-refractivity contribution in [3.05, 3.63) is 29.6 Å². The van der Waals surface area contributed by atoms with Crippen LogP contribution in [0.3, 0.4) is 0 Å². The van der Waals surface area contributed by atoms with Gasteiger partial charge < -0.3 is 16.4 Å². The van der Waals surface area contributed by atoms with Crippen molar-refractivity contribution in [3.8, 4) is 6.07 Å². The Morgan fingerprint density at radius 2 is 2.25 bits per heavy atom. The second-order valence-corrected chi connectivity index (χ2v) is 7.62. The summed E-state index contributed by atoms with van der Waals surface area (Å²) in [7, 11) is 0. The third kappa shape index (κ3) is 4.48. The highest BCUT2D eigenvalue weighted by molar-refractivity contribution is 8.13. The third-order valence-corrected chi connectivity index (χ3v) is 5.27. The molecule has 146 valence electrons. The molecule has 1 amide bonds. The number of carbonyl (C=O) groups is 1. The summed E-state index contributed by atoms with van der Waals surface area (Å²) in [5, 5.41) is 14.6. The molecule has 2 aliphatic rings. The highest BCUT2D eigenvalue weighted by Crippen LogP contribution is 2.37. The van der Waals surface area contributed by atoms with E-state index in [0.29, 0.717) is 28.7 Å². The number of nitriles is 1. The van der Waals surface area contributed by atoms with Crippen molar-refractivity contribution in [2.75, 3.05) is 30.7 Å². The number of hydrogen-bond donors (Lipinski definition) is 3. The van der Waals surface area contributed by atoms with Gasteiger partial charge in [0.15, 0.2) is 5.17 Å².